The summed E-state index contributed by atoms with van der Waals surface area (Å²) in [5, 5.41) is 0. The van der Waals surface area contributed by atoms with E-state index in [4.69, 9.17) is 5.73 Å². The number of nitrogens with two attached hydrogens (primary N) is 1. The molecule has 3 rings (SSSR count). The van der Waals surface area contributed by atoms with Gasteiger partial charge in [0.05, 0.1) is 29.0 Å². The van der Waals surface area contributed by atoms with Gasteiger partial charge in [0.15, 0.2) is 0 Å². The number of pyridine rings is 2. The van der Waals surface area contributed by atoms with Crippen LogP contribution in [0.15, 0.2) is 71.9 Å². The monoisotopic (exact) mass is 481 g/mol. The highest BCUT2D eigenvalue weighted by molar-refractivity contribution is 7.92. The molecule has 180 valence electrons. The average Bonchev–Trinajstić information content (AvgIpc) is 2.81. The Balaban J connectivity index is 1.95. The summed E-state index contributed by atoms with van der Waals surface area (Å²) in [6, 6.07) is 15.3. The van der Waals surface area contributed by atoms with Crippen LogP contribution < -0.4 is 10.0 Å². The number of amides is 1. The molecule has 0 atom stereocenters. The summed E-state index contributed by atoms with van der Waals surface area (Å²) in [5.41, 5.74) is 7.57. The summed E-state index contributed by atoms with van der Waals surface area (Å²) in [6.07, 6.45) is 3.02. The van der Waals surface area contributed by atoms with Gasteiger partial charge in [-0.1, -0.05) is 39.0 Å². The van der Waals surface area contributed by atoms with Crippen molar-refractivity contribution in [2.75, 3.05) is 23.1 Å². The molecule has 2 aromatic heterocycles. The number of nitrogens with zero attached hydrogens (tertiary/aromatic N) is 4. The van der Waals surface area contributed by atoms with Gasteiger partial charge in [-0.3, -0.25) is 14.1 Å². The molecule has 0 unspecified atom stereocenters. The lowest BCUT2D eigenvalue weighted by atomic mass is 9.87. The van der Waals surface area contributed by atoms with Crippen molar-refractivity contribution >= 4 is 27.4 Å². The van der Waals surface area contributed by atoms with Crippen molar-refractivity contribution in [3.63, 3.8) is 0 Å². The number of benzene rings is 1. The predicted octanol–water partition coefficient (Wildman–Crippen LogP) is 3.60. The number of sulfonamides is 1. The van der Waals surface area contributed by atoms with Crippen LogP contribution in [0.4, 0.5) is 11.5 Å². The molecular formula is C25H31N5O3S. The SMILES string of the molecule is CCN(Cc1ccccn1)C(=O)CN(c1ccc(N)nc1)S(=O)(=O)c1ccc(C(C)(C)C)cc1. The van der Waals surface area contributed by atoms with E-state index in [1.165, 1.54) is 12.3 Å². The molecule has 1 aromatic carbocycles. The summed E-state index contributed by atoms with van der Waals surface area (Å²) < 4.78 is 28.4. The molecule has 0 bridgehead atoms. The van der Waals surface area contributed by atoms with Gasteiger partial charge in [-0.2, -0.15) is 0 Å². The minimum Gasteiger partial charge on any atom is -0.384 e. The van der Waals surface area contributed by atoms with Crippen LogP contribution in [0, 0.1) is 0 Å². The van der Waals surface area contributed by atoms with E-state index in [0.29, 0.717) is 6.54 Å². The van der Waals surface area contributed by atoms with Crippen molar-refractivity contribution in [1.82, 2.24) is 14.9 Å². The van der Waals surface area contributed by atoms with Gasteiger partial charge < -0.3 is 10.6 Å². The Hall–Kier alpha value is -3.46. The second kappa shape index (κ2) is 10.2. The Kier molecular flexibility index (Phi) is 7.56. The van der Waals surface area contributed by atoms with Crippen LogP contribution in [0.5, 0.6) is 0 Å². The van der Waals surface area contributed by atoms with E-state index in [2.05, 4.69) is 30.7 Å². The molecule has 0 aliphatic rings. The van der Waals surface area contributed by atoms with E-state index in [1.807, 2.05) is 19.1 Å². The highest BCUT2D eigenvalue weighted by atomic mass is 32.2. The lowest BCUT2D eigenvalue weighted by molar-refractivity contribution is -0.130. The smallest absolute Gasteiger partial charge is 0.264 e. The molecule has 0 spiro atoms. The number of hydrogen-bond acceptors (Lipinski definition) is 6. The lowest BCUT2D eigenvalue weighted by Gasteiger charge is -2.28. The topological polar surface area (TPSA) is 109 Å². The third-order valence-electron chi connectivity index (χ3n) is 5.46. The van der Waals surface area contributed by atoms with E-state index >= 15 is 0 Å². The van der Waals surface area contributed by atoms with Crippen LogP contribution in [-0.4, -0.2) is 42.3 Å². The molecule has 2 N–H and O–H groups in total. The Bertz CT molecular complexity index is 1210. The molecule has 2 heterocycles. The zero-order valence-electron chi connectivity index (χ0n) is 20.0. The van der Waals surface area contributed by atoms with Crippen molar-refractivity contribution in [3.05, 3.63) is 78.2 Å². The third-order valence-corrected chi connectivity index (χ3v) is 7.25. The summed E-state index contributed by atoms with van der Waals surface area (Å²) in [7, 11) is -4.05. The maximum atomic E-state index is 13.7. The van der Waals surface area contributed by atoms with E-state index in [9.17, 15) is 13.2 Å². The van der Waals surface area contributed by atoms with Gasteiger partial charge in [-0.05, 0) is 54.3 Å². The molecular weight excluding hydrogens is 450 g/mol. The quantitative estimate of drug-likeness (QED) is 0.526. The van der Waals surface area contributed by atoms with Gasteiger partial charge in [0.25, 0.3) is 10.0 Å². The van der Waals surface area contributed by atoms with Gasteiger partial charge in [-0.15, -0.1) is 0 Å². The van der Waals surface area contributed by atoms with Crippen molar-refractivity contribution < 1.29 is 13.2 Å². The number of anilines is 2. The second-order valence-electron chi connectivity index (χ2n) is 8.96. The number of nitrogen functional groups attached to an aromatic ring is 1. The van der Waals surface area contributed by atoms with Gasteiger partial charge in [0.1, 0.15) is 12.4 Å². The molecule has 0 saturated heterocycles. The van der Waals surface area contributed by atoms with Gasteiger partial charge in [-0.25, -0.2) is 13.4 Å². The maximum Gasteiger partial charge on any atom is 0.264 e. The summed E-state index contributed by atoms with van der Waals surface area (Å²) in [6.45, 7) is 8.33. The fourth-order valence-corrected chi connectivity index (χ4v) is 4.80. The minimum atomic E-state index is -4.05. The Labute approximate surface area is 201 Å². The highest BCUT2D eigenvalue weighted by Crippen LogP contribution is 2.27. The van der Waals surface area contributed by atoms with Crippen LogP contribution in [-0.2, 0) is 26.8 Å². The largest absolute Gasteiger partial charge is 0.384 e. The molecule has 9 heteroatoms. The van der Waals surface area contributed by atoms with Crippen LogP contribution in [0.25, 0.3) is 0 Å². The molecule has 34 heavy (non-hydrogen) atoms. The fraction of sp³-hybridized carbons (Fsp3) is 0.320. The standard InChI is InChI=1S/C25H31N5O3S/c1-5-29(17-20-8-6-7-15-27-20)24(31)18-30(21-11-14-23(26)28-16-21)34(32,33)22-12-9-19(10-13-22)25(2,3)4/h6-16H,5,17-18H2,1-4H3,(H2,26,28). The van der Waals surface area contributed by atoms with Crippen molar-refractivity contribution in [2.45, 2.75) is 44.6 Å². The Morgan fingerprint density at radius 1 is 1.00 bits per heavy atom. The van der Waals surface area contributed by atoms with Crippen LogP contribution >= 0.6 is 0 Å². The molecule has 0 fully saturated rings. The van der Waals surface area contributed by atoms with Crippen LogP contribution in [0.3, 0.4) is 0 Å². The molecule has 0 saturated carbocycles. The van der Waals surface area contributed by atoms with Crippen LogP contribution in [0.2, 0.25) is 0 Å². The molecule has 8 nitrogen and oxygen atoms in total. The average molecular weight is 482 g/mol. The number of carbonyl (C=O) groups is 1. The van der Waals surface area contributed by atoms with Crippen LogP contribution in [0.1, 0.15) is 39.0 Å². The van der Waals surface area contributed by atoms with Crippen molar-refractivity contribution in [1.29, 1.82) is 0 Å². The van der Waals surface area contributed by atoms with Gasteiger partial charge in [0.2, 0.25) is 5.91 Å². The predicted molar refractivity (Wildman–Crippen MR) is 134 cm³/mol. The second-order valence-corrected chi connectivity index (χ2v) is 10.8. The summed E-state index contributed by atoms with van der Waals surface area (Å²) in [4.78, 5) is 23.2. The van der Waals surface area contributed by atoms with E-state index < -0.39 is 10.0 Å². The first-order valence-corrected chi connectivity index (χ1v) is 12.5. The first-order valence-electron chi connectivity index (χ1n) is 11.0. The first-order chi connectivity index (χ1) is 16.0. The number of hydrogen-bond donors (Lipinski definition) is 1. The van der Waals surface area contributed by atoms with Crippen molar-refractivity contribution in [3.8, 4) is 0 Å². The van der Waals surface area contributed by atoms with E-state index in [-0.39, 0.29) is 40.8 Å². The molecule has 1 amide bonds. The Morgan fingerprint density at radius 2 is 1.71 bits per heavy atom. The summed E-state index contributed by atoms with van der Waals surface area (Å²) in [5.74, 6) is -0.0906. The normalized spacial score (nSPS) is 11.8. The molecule has 0 aliphatic carbocycles. The van der Waals surface area contributed by atoms with Crippen molar-refractivity contribution in [2.24, 2.45) is 0 Å². The molecule has 3 aromatic rings. The lowest BCUT2D eigenvalue weighted by Crippen LogP contribution is -2.43. The minimum absolute atomic E-state index is 0.0953. The van der Waals surface area contributed by atoms with E-state index in [1.54, 1.807) is 47.5 Å². The number of carbonyl (C=O) groups excluding carboxylic acids is 1. The highest BCUT2D eigenvalue weighted by Gasteiger charge is 2.29. The zero-order chi connectivity index (χ0) is 24.9. The third kappa shape index (κ3) is 5.91. The number of likely N-dealkylation sites (N-methyl/N-ethyl adjacent to an activating group) is 1. The number of aromatic nitrogens is 2. The maximum absolute atomic E-state index is 13.7. The fourth-order valence-electron chi connectivity index (χ4n) is 3.40. The van der Waals surface area contributed by atoms with Gasteiger partial charge in [0, 0.05) is 12.7 Å². The van der Waals surface area contributed by atoms with E-state index in [0.717, 1.165) is 15.6 Å². The first kappa shape index (κ1) is 25.2. The summed E-state index contributed by atoms with van der Waals surface area (Å²) >= 11 is 0. The number of rotatable bonds is 8. The molecule has 0 aliphatic heterocycles. The zero-order valence-corrected chi connectivity index (χ0v) is 20.8. The van der Waals surface area contributed by atoms with Gasteiger partial charge >= 0.3 is 0 Å². The Morgan fingerprint density at radius 3 is 2.24 bits per heavy atom. The molecule has 0 radical (unpaired) electrons.